The molecule has 0 spiro atoms. The van der Waals surface area contributed by atoms with Gasteiger partial charge in [0.15, 0.2) is 0 Å². The summed E-state index contributed by atoms with van der Waals surface area (Å²) in [7, 11) is 1.62. The van der Waals surface area contributed by atoms with Crippen molar-refractivity contribution in [3.8, 4) is 22.1 Å². The molecule has 0 radical (unpaired) electrons. The molecule has 3 aromatic rings. The van der Waals surface area contributed by atoms with Crippen LogP contribution in [0.25, 0.3) is 10.6 Å². The number of aromatic hydroxyl groups is 1. The zero-order valence-corrected chi connectivity index (χ0v) is 14.1. The summed E-state index contributed by atoms with van der Waals surface area (Å²) >= 11 is 1.31. The minimum absolute atomic E-state index is 0.0309. The summed E-state index contributed by atoms with van der Waals surface area (Å²) in [6.07, 6.45) is 0. The molecule has 0 saturated heterocycles. The van der Waals surface area contributed by atoms with Crippen LogP contribution in [0.4, 0.5) is 5.69 Å². The molecule has 0 unspecified atom stereocenters. The Hall–Kier alpha value is -2.86. The van der Waals surface area contributed by atoms with E-state index in [0.29, 0.717) is 16.3 Å². The number of ether oxygens (including phenoxy) is 1. The van der Waals surface area contributed by atoms with Gasteiger partial charge in [-0.15, -0.1) is 11.3 Å². The Morgan fingerprint density at radius 2 is 1.88 bits per heavy atom. The van der Waals surface area contributed by atoms with E-state index in [4.69, 9.17) is 4.74 Å². The number of hydrogen-bond acceptors (Lipinski definition) is 5. The molecule has 3 rings (SSSR count). The summed E-state index contributed by atoms with van der Waals surface area (Å²) in [5.74, 6) is 0.513. The van der Waals surface area contributed by atoms with Gasteiger partial charge in [0.25, 0.3) is 5.91 Å². The van der Waals surface area contributed by atoms with Crippen LogP contribution in [0.5, 0.6) is 11.5 Å². The highest BCUT2D eigenvalue weighted by molar-refractivity contribution is 7.17. The number of rotatable bonds is 4. The van der Waals surface area contributed by atoms with Gasteiger partial charge >= 0.3 is 0 Å². The Bertz CT molecular complexity index is 872. The third-order valence-electron chi connectivity index (χ3n) is 3.49. The molecule has 0 atom stereocenters. The molecule has 1 amide bonds. The van der Waals surface area contributed by atoms with E-state index >= 15 is 0 Å². The highest BCUT2D eigenvalue weighted by Crippen LogP contribution is 2.30. The first-order valence-electron chi connectivity index (χ1n) is 7.29. The zero-order valence-electron chi connectivity index (χ0n) is 13.2. The lowest BCUT2D eigenvalue weighted by Crippen LogP contribution is -2.11. The molecule has 2 aromatic carbocycles. The number of nitrogens with one attached hydrogen (secondary N) is 1. The lowest BCUT2D eigenvalue weighted by Gasteiger charge is -2.05. The first-order chi connectivity index (χ1) is 11.6. The molecule has 1 aromatic heterocycles. The van der Waals surface area contributed by atoms with Gasteiger partial charge < -0.3 is 15.2 Å². The third-order valence-corrected chi connectivity index (χ3v) is 4.70. The van der Waals surface area contributed by atoms with Crippen LogP contribution in [0.3, 0.4) is 0 Å². The van der Waals surface area contributed by atoms with Gasteiger partial charge in [0.1, 0.15) is 21.4 Å². The number of phenolic OH excluding ortho intramolecular Hbond substituents is 1. The number of anilines is 1. The van der Waals surface area contributed by atoms with Gasteiger partial charge in [0.05, 0.1) is 18.5 Å². The largest absolute Gasteiger partial charge is 0.506 e. The molecule has 0 fully saturated rings. The number of methoxy groups -OCH3 is 1. The highest BCUT2D eigenvalue weighted by atomic mass is 32.1. The van der Waals surface area contributed by atoms with E-state index in [-0.39, 0.29) is 11.7 Å². The summed E-state index contributed by atoms with van der Waals surface area (Å²) in [5, 5.41) is 13.2. The maximum atomic E-state index is 12.5. The van der Waals surface area contributed by atoms with Crippen LogP contribution in [-0.2, 0) is 0 Å². The van der Waals surface area contributed by atoms with Gasteiger partial charge in [-0.2, -0.15) is 0 Å². The minimum Gasteiger partial charge on any atom is -0.506 e. The van der Waals surface area contributed by atoms with Crippen molar-refractivity contribution >= 4 is 22.9 Å². The Labute approximate surface area is 143 Å². The van der Waals surface area contributed by atoms with Crippen molar-refractivity contribution in [1.82, 2.24) is 4.98 Å². The second kappa shape index (κ2) is 6.72. The number of para-hydroxylation sites is 2. The molecule has 1 heterocycles. The fourth-order valence-electron chi connectivity index (χ4n) is 2.22. The normalized spacial score (nSPS) is 10.4. The maximum absolute atomic E-state index is 12.5. The average Bonchev–Trinajstić information content (AvgIpc) is 2.99. The number of aromatic nitrogens is 1. The van der Waals surface area contributed by atoms with Gasteiger partial charge in [-0.3, -0.25) is 4.79 Å². The van der Waals surface area contributed by atoms with E-state index in [0.717, 1.165) is 16.3 Å². The van der Waals surface area contributed by atoms with E-state index in [9.17, 15) is 9.90 Å². The van der Waals surface area contributed by atoms with Crippen molar-refractivity contribution in [1.29, 1.82) is 0 Å². The summed E-state index contributed by atoms with van der Waals surface area (Å²) < 4.78 is 5.14. The quantitative estimate of drug-likeness (QED) is 0.702. The van der Waals surface area contributed by atoms with Crippen molar-refractivity contribution in [3.63, 3.8) is 0 Å². The lowest BCUT2D eigenvalue weighted by atomic mass is 10.2. The van der Waals surface area contributed by atoms with E-state index in [1.807, 2.05) is 24.3 Å². The molecule has 122 valence electrons. The first kappa shape index (κ1) is 16.0. The fourth-order valence-corrected chi connectivity index (χ4v) is 3.19. The van der Waals surface area contributed by atoms with Gasteiger partial charge in [0.2, 0.25) is 0 Å². The van der Waals surface area contributed by atoms with Crippen molar-refractivity contribution in [2.75, 3.05) is 12.4 Å². The van der Waals surface area contributed by atoms with Crippen molar-refractivity contribution in [2.24, 2.45) is 0 Å². The van der Waals surface area contributed by atoms with E-state index in [1.165, 1.54) is 17.4 Å². The van der Waals surface area contributed by atoms with E-state index in [1.54, 1.807) is 32.2 Å². The summed E-state index contributed by atoms with van der Waals surface area (Å²) in [4.78, 5) is 17.5. The molecule has 5 nitrogen and oxygen atoms in total. The summed E-state index contributed by atoms with van der Waals surface area (Å²) in [5.41, 5.74) is 1.95. The summed E-state index contributed by atoms with van der Waals surface area (Å²) in [6.45, 7) is 1.79. The molecule has 2 N–H and O–H groups in total. The minimum atomic E-state index is -0.286. The SMILES string of the molecule is COc1ccc(-c2nc(C)c(C(=O)Nc3ccccc3O)s2)cc1. The van der Waals surface area contributed by atoms with E-state index < -0.39 is 0 Å². The molecular weight excluding hydrogens is 324 g/mol. The molecule has 0 saturated carbocycles. The van der Waals surface area contributed by atoms with Gasteiger partial charge in [-0.25, -0.2) is 4.98 Å². The fraction of sp³-hybridized carbons (Fsp3) is 0.111. The smallest absolute Gasteiger partial charge is 0.267 e. The van der Waals surface area contributed by atoms with Crippen LogP contribution in [0.2, 0.25) is 0 Å². The monoisotopic (exact) mass is 340 g/mol. The number of hydrogen-bond donors (Lipinski definition) is 2. The number of thiazole rings is 1. The number of aryl methyl sites for hydroxylation is 1. The van der Waals surface area contributed by atoms with Crippen LogP contribution >= 0.6 is 11.3 Å². The standard InChI is InChI=1S/C18H16N2O3S/c1-11-16(17(22)20-14-5-3-4-6-15(14)21)24-18(19-11)12-7-9-13(23-2)10-8-12/h3-10,21H,1-2H3,(H,20,22). The first-order valence-corrected chi connectivity index (χ1v) is 8.11. The molecule has 6 heteroatoms. The second-order valence-corrected chi connectivity index (χ2v) is 6.13. The van der Waals surface area contributed by atoms with Gasteiger partial charge in [-0.1, -0.05) is 12.1 Å². The second-order valence-electron chi connectivity index (χ2n) is 5.13. The zero-order chi connectivity index (χ0) is 17.1. The molecular formula is C18H16N2O3S. The number of phenols is 1. The number of amides is 1. The predicted octanol–water partition coefficient (Wildman–Crippen LogP) is 4.09. The topological polar surface area (TPSA) is 71.5 Å². The Kier molecular flexibility index (Phi) is 4.48. The lowest BCUT2D eigenvalue weighted by molar-refractivity contribution is 0.102. The number of nitrogens with zero attached hydrogens (tertiary/aromatic N) is 1. The molecule has 0 aliphatic rings. The van der Waals surface area contributed by atoms with Gasteiger partial charge in [-0.05, 0) is 43.3 Å². The summed E-state index contributed by atoms with van der Waals surface area (Å²) in [6, 6.07) is 14.1. The van der Waals surface area contributed by atoms with Crippen LogP contribution in [0, 0.1) is 6.92 Å². The predicted molar refractivity (Wildman–Crippen MR) is 94.9 cm³/mol. The highest BCUT2D eigenvalue weighted by Gasteiger charge is 2.17. The Balaban J connectivity index is 1.85. The van der Waals surface area contributed by atoms with Crippen molar-refractivity contribution in [2.45, 2.75) is 6.92 Å². The Morgan fingerprint density at radius 3 is 2.54 bits per heavy atom. The van der Waals surface area contributed by atoms with Gasteiger partial charge in [0, 0.05) is 5.56 Å². The van der Waals surface area contributed by atoms with Crippen LogP contribution in [0.1, 0.15) is 15.4 Å². The molecule has 0 bridgehead atoms. The third kappa shape index (κ3) is 3.23. The number of carbonyl (C=O) groups is 1. The van der Waals surface area contributed by atoms with E-state index in [2.05, 4.69) is 10.3 Å². The van der Waals surface area contributed by atoms with Crippen LogP contribution in [-0.4, -0.2) is 23.1 Å². The molecule has 24 heavy (non-hydrogen) atoms. The molecule has 0 aliphatic carbocycles. The van der Waals surface area contributed by atoms with Crippen molar-refractivity contribution in [3.05, 3.63) is 59.1 Å². The van der Waals surface area contributed by atoms with Crippen LogP contribution in [0.15, 0.2) is 48.5 Å². The number of carbonyl (C=O) groups excluding carboxylic acids is 1. The van der Waals surface area contributed by atoms with Crippen LogP contribution < -0.4 is 10.1 Å². The number of benzene rings is 2. The maximum Gasteiger partial charge on any atom is 0.267 e. The van der Waals surface area contributed by atoms with Crippen molar-refractivity contribution < 1.29 is 14.6 Å². The Morgan fingerprint density at radius 1 is 1.17 bits per heavy atom. The average molecular weight is 340 g/mol. The molecule has 0 aliphatic heterocycles.